The Hall–Kier alpha value is -1.83. The summed E-state index contributed by atoms with van der Waals surface area (Å²) >= 11 is 1.54. The summed E-state index contributed by atoms with van der Waals surface area (Å²) in [6.07, 6.45) is 2.56. The number of likely N-dealkylation sites (tertiary alicyclic amines) is 1. The van der Waals surface area contributed by atoms with Gasteiger partial charge in [0.2, 0.25) is 5.91 Å². The normalized spacial score (nSPS) is 19.2. The fourth-order valence-corrected chi connectivity index (χ4v) is 4.24. The molecular weight excluding hydrogens is 355 g/mol. The van der Waals surface area contributed by atoms with Crippen molar-refractivity contribution in [1.82, 2.24) is 9.88 Å². The second-order valence-electron chi connectivity index (χ2n) is 6.62. The van der Waals surface area contributed by atoms with Gasteiger partial charge < -0.3 is 14.4 Å². The summed E-state index contributed by atoms with van der Waals surface area (Å²) in [6, 6.07) is 6.30. The lowest BCUT2D eigenvalue weighted by molar-refractivity contribution is -0.187. The molecule has 0 aliphatic carbocycles. The van der Waals surface area contributed by atoms with Crippen molar-refractivity contribution >= 4 is 17.2 Å². The quantitative estimate of drug-likeness (QED) is 0.822. The minimum atomic E-state index is -0.448. The fourth-order valence-electron chi connectivity index (χ4n) is 3.43. The molecule has 2 aliphatic heterocycles. The van der Waals surface area contributed by atoms with Crippen LogP contribution in [0.15, 0.2) is 29.6 Å². The van der Waals surface area contributed by atoms with Crippen molar-refractivity contribution in [3.05, 3.63) is 40.5 Å². The Kier molecular flexibility index (Phi) is 5.02. The maximum Gasteiger partial charge on any atom is 0.222 e. The van der Waals surface area contributed by atoms with E-state index in [1.807, 2.05) is 10.3 Å². The van der Waals surface area contributed by atoms with E-state index in [0.29, 0.717) is 39.1 Å². The molecule has 0 bridgehead atoms. The van der Waals surface area contributed by atoms with Gasteiger partial charge in [0.15, 0.2) is 5.79 Å². The predicted octanol–water partition coefficient (Wildman–Crippen LogP) is 3.25. The van der Waals surface area contributed by atoms with Crippen LogP contribution in [-0.4, -0.2) is 47.9 Å². The van der Waals surface area contributed by atoms with Crippen molar-refractivity contribution in [1.29, 1.82) is 0 Å². The van der Waals surface area contributed by atoms with Crippen molar-refractivity contribution in [3.8, 4) is 11.3 Å². The fraction of sp³-hybridized carbons (Fsp3) is 0.474. The first kappa shape index (κ1) is 17.6. The smallest absolute Gasteiger partial charge is 0.222 e. The molecule has 5 nitrogen and oxygen atoms in total. The van der Waals surface area contributed by atoms with E-state index in [1.165, 1.54) is 23.5 Å². The predicted molar refractivity (Wildman–Crippen MR) is 96.3 cm³/mol. The lowest BCUT2D eigenvalue weighted by Crippen LogP contribution is -2.47. The molecule has 0 N–H and O–H groups in total. The van der Waals surface area contributed by atoms with Crippen LogP contribution in [0, 0.1) is 5.82 Å². The highest BCUT2D eigenvalue weighted by Gasteiger charge is 2.40. The van der Waals surface area contributed by atoms with Crippen molar-refractivity contribution < 1.29 is 18.7 Å². The average molecular weight is 376 g/mol. The second kappa shape index (κ2) is 7.42. The van der Waals surface area contributed by atoms with E-state index in [0.717, 1.165) is 29.1 Å². The summed E-state index contributed by atoms with van der Waals surface area (Å²) in [6.45, 7) is 2.65. The van der Waals surface area contributed by atoms with Crippen molar-refractivity contribution in [2.24, 2.45) is 0 Å². The van der Waals surface area contributed by atoms with Crippen LogP contribution in [0.1, 0.15) is 24.3 Å². The first-order valence-electron chi connectivity index (χ1n) is 8.90. The van der Waals surface area contributed by atoms with Gasteiger partial charge in [-0.3, -0.25) is 4.79 Å². The molecule has 2 fully saturated rings. The zero-order chi connectivity index (χ0) is 18.0. The highest BCUT2D eigenvalue weighted by molar-refractivity contribution is 7.09. The first-order valence-corrected chi connectivity index (χ1v) is 9.78. The summed E-state index contributed by atoms with van der Waals surface area (Å²) in [7, 11) is 0. The van der Waals surface area contributed by atoms with Gasteiger partial charge in [0.25, 0.3) is 0 Å². The molecule has 1 amide bonds. The van der Waals surface area contributed by atoms with Crippen LogP contribution in [0.3, 0.4) is 0 Å². The third-order valence-corrected chi connectivity index (χ3v) is 5.84. The number of carbonyl (C=O) groups excluding carboxylic acids is 1. The SMILES string of the molecule is O=C(CCc1nc(-c2ccc(F)cc2)cs1)N1CCC2(CC1)OCCO2. The molecule has 1 aromatic carbocycles. The van der Waals surface area contributed by atoms with Gasteiger partial charge in [-0.15, -0.1) is 11.3 Å². The standard InChI is InChI=1S/C19H21FN2O3S/c20-15-3-1-14(2-4-15)16-13-26-17(21-16)5-6-18(23)22-9-7-19(8-10-22)24-11-12-25-19/h1-4,13H,5-12H2. The molecular formula is C19H21FN2O3S. The van der Waals surface area contributed by atoms with Crippen molar-refractivity contribution in [2.45, 2.75) is 31.5 Å². The molecule has 138 valence electrons. The molecule has 0 unspecified atom stereocenters. The third-order valence-electron chi connectivity index (χ3n) is 4.94. The Balaban J connectivity index is 1.29. The minimum absolute atomic E-state index is 0.149. The summed E-state index contributed by atoms with van der Waals surface area (Å²) in [5.41, 5.74) is 1.71. The topological polar surface area (TPSA) is 51.7 Å². The van der Waals surface area contributed by atoms with Crippen LogP contribution < -0.4 is 0 Å². The van der Waals surface area contributed by atoms with Crippen molar-refractivity contribution in [2.75, 3.05) is 26.3 Å². The van der Waals surface area contributed by atoms with E-state index in [1.54, 1.807) is 12.1 Å². The van der Waals surface area contributed by atoms with Gasteiger partial charge in [-0.2, -0.15) is 0 Å². The lowest BCUT2D eigenvalue weighted by atomic mass is 10.0. The number of benzene rings is 1. The lowest BCUT2D eigenvalue weighted by Gasteiger charge is -2.37. The maximum atomic E-state index is 13.0. The molecule has 0 saturated carbocycles. The third kappa shape index (κ3) is 3.79. The molecule has 0 atom stereocenters. The van der Waals surface area contributed by atoms with Crippen LogP contribution in [0.2, 0.25) is 0 Å². The Bertz CT molecular complexity index is 761. The molecule has 2 aromatic rings. The Morgan fingerprint density at radius 1 is 1.19 bits per heavy atom. The number of aromatic nitrogens is 1. The van der Waals surface area contributed by atoms with E-state index >= 15 is 0 Å². The monoisotopic (exact) mass is 376 g/mol. The summed E-state index contributed by atoms with van der Waals surface area (Å²) < 4.78 is 24.4. The van der Waals surface area contributed by atoms with Crippen LogP contribution in [0.25, 0.3) is 11.3 Å². The maximum absolute atomic E-state index is 13.0. The van der Waals surface area contributed by atoms with E-state index in [2.05, 4.69) is 4.98 Å². The van der Waals surface area contributed by atoms with Gasteiger partial charge in [-0.05, 0) is 24.3 Å². The number of nitrogens with zero attached hydrogens (tertiary/aromatic N) is 2. The van der Waals surface area contributed by atoms with E-state index < -0.39 is 5.79 Å². The Morgan fingerprint density at radius 2 is 1.88 bits per heavy atom. The molecule has 7 heteroatoms. The molecule has 0 radical (unpaired) electrons. The Morgan fingerprint density at radius 3 is 2.58 bits per heavy atom. The van der Waals surface area contributed by atoms with E-state index in [9.17, 15) is 9.18 Å². The zero-order valence-corrected chi connectivity index (χ0v) is 15.3. The summed E-state index contributed by atoms with van der Waals surface area (Å²) in [4.78, 5) is 18.9. The average Bonchev–Trinajstić information content (AvgIpc) is 3.31. The summed E-state index contributed by atoms with van der Waals surface area (Å²) in [5.74, 6) is -0.557. The molecule has 3 heterocycles. The number of thiazole rings is 1. The minimum Gasteiger partial charge on any atom is -0.347 e. The van der Waals surface area contributed by atoms with Crippen LogP contribution in [0.5, 0.6) is 0 Å². The first-order chi connectivity index (χ1) is 12.6. The number of piperidine rings is 1. The van der Waals surface area contributed by atoms with Gasteiger partial charge in [-0.25, -0.2) is 9.37 Å². The molecule has 2 aliphatic rings. The number of amides is 1. The number of rotatable bonds is 4. The van der Waals surface area contributed by atoms with E-state index in [4.69, 9.17) is 9.47 Å². The van der Waals surface area contributed by atoms with Gasteiger partial charge in [-0.1, -0.05) is 0 Å². The summed E-state index contributed by atoms with van der Waals surface area (Å²) in [5, 5.41) is 2.88. The van der Waals surface area contributed by atoms with Crippen LogP contribution in [-0.2, 0) is 20.7 Å². The number of ether oxygens (including phenoxy) is 2. The number of hydrogen-bond acceptors (Lipinski definition) is 5. The number of hydrogen-bond donors (Lipinski definition) is 0. The molecule has 1 aromatic heterocycles. The second-order valence-corrected chi connectivity index (χ2v) is 7.56. The van der Waals surface area contributed by atoms with Gasteiger partial charge in [0.05, 0.1) is 23.9 Å². The van der Waals surface area contributed by atoms with E-state index in [-0.39, 0.29) is 11.7 Å². The molecule has 2 saturated heterocycles. The van der Waals surface area contributed by atoms with Crippen LogP contribution >= 0.6 is 11.3 Å². The number of aryl methyl sites for hydroxylation is 1. The van der Waals surface area contributed by atoms with Gasteiger partial charge >= 0.3 is 0 Å². The largest absolute Gasteiger partial charge is 0.347 e. The molecule has 1 spiro atoms. The van der Waals surface area contributed by atoms with Crippen molar-refractivity contribution in [3.63, 3.8) is 0 Å². The number of halogens is 1. The highest BCUT2D eigenvalue weighted by atomic mass is 32.1. The highest BCUT2D eigenvalue weighted by Crippen LogP contribution is 2.31. The zero-order valence-electron chi connectivity index (χ0n) is 14.4. The Labute approximate surface area is 155 Å². The van der Waals surface area contributed by atoms with Gasteiger partial charge in [0, 0.05) is 49.7 Å². The van der Waals surface area contributed by atoms with Gasteiger partial charge in [0.1, 0.15) is 5.82 Å². The number of carbonyl (C=O) groups is 1. The molecule has 26 heavy (non-hydrogen) atoms. The molecule has 4 rings (SSSR count). The van der Waals surface area contributed by atoms with Crippen LogP contribution in [0.4, 0.5) is 4.39 Å².